The van der Waals surface area contributed by atoms with Gasteiger partial charge in [-0.15, -0.1) is 0 Å². The highest BCUT2D eigenvalue weighted by molar-refractivity contribution is 5.77. The molecule has 3 heterocycles. The summed E-state index contributed by atoms with van der Waals surface area (Å²) in [6.45, 7) is 18.3. The highest BCUT2D eigenvalue weighted by atomic mass is 16.2. The first-order valence-corrected chi connectivity index (χ1v) is 10.5. The highest BCUT2D eigenvalue weighted by Gasteiger charge is 2.39. The third-order valence-corrected chi connectivity index (χ3v) is 6.28. The van der Waals surface area contributed by atoms with Gasteiger partial charge in [-0.2, -0.15) is 0 Å². The summed E-state index contributed by atoms with van der Waals surface area (Å²) in [5.74, 6) is 0.402. The molecule has 1 spiro atoms. The van der Waals surface area contributed by atoms with E-state index in [1.54, 1.807) is 0 Å². The molecule has 3 aliphatic heterocycles. The minimum absolute atomic E-state index is 0.321. The van der Waals surface area contributed by atoms with Gasteiger partial charge >= 0.3 is 0 Å². The number of nitrogens with zero attached hydrogens (tertiary/aromatic N) is 3. The lowest BCUT2D eigenvalue weighted by molar-refractivity contribution is -0.139. The number of nitrogens with one attached hydrogen (secondary N) is 1. The van der Waals surface area contributed by atoms with Gasteiger partial charge in [-0.1, -0.05) is 13.8 Å². The molecule has 5 nitrogen and oxygen atoms in total. The van der Waals surface area contributed by atoms with Gasteiger partial charge in [0.1, 0.15) is 0 Å². The van der Waals surface area contributed by atoms with Crippen LogP contribution in [0, 0.1) is 5.41 Å². The van der Waals surface area contributed by atoms with Crippen molar-refractivity contribution in [3.05, 3.63) is 0 Å². The molecule has 0 aliphatic carbocycles. The molecule has 1 N–H and O–H groups in total. The van der Waals surface area contributed by atoms with Crippen LogP contribution < -0.4 is 5.32 Å². The summed E-state index contributed by atoms with van der Waals surface area (Å²) < 4.78 is 0. The van der Waals surface area contributed by atoms with E-state index in [1.165, 1.54) is 32.4 Å². The number of carbonyl (C=O) groups excluding carboxylic acids is 1. The molecule has 0 atom stereocenters. The predicted molar refractivity (Wildman–Crippen MR) is 105 cm³/mol. The summed E-state index contributed by atoms with van der Waals surface area (Å²) in [4.78, 5) is 19.8. The van der Waals surface area contributed by atoms with Gasteiger partial charge in [0.15, 0.2) is 0 Å². The lowest BCUT2D eigenvalue weighted by Gasteiger charge is -2.44. The normalized spacial score (nSPS) is 25.2. The van der Waals surface area contributed by atoms with Gasteiger partial charge < -0.3 is 10.2 Å². The van der Waals surface area contributed by atoms with Crippen LogP contribution >= 0.6 is 0 Å². The Morgan fingerprint density at radius 2 is 1.60 bits per heavy atom. The van der Waals surface area contributed by atoms with Crippen LogP contribution in [0.5, 0.6) is 0 Å². The van der Waals surface area contributed by atoms with Gasteiger partial charge in [0.05, 0.1) is 0 Å². The van der Waals surface area contributed by atoms with Crippen molar-refractivity contribution < 1.29 is 4.79 Å². The SMILES string of the molecule is CC.CC(C)N1CCN(CCN2CCC3(CCNCC3)CC2=O)CC1. The van der Waals surface area contributed by atoms with E-state index in [0.29, 0.717) is 17.4 Å². The van der Waals surface area contributed by atoms with E-state index in [9.17, 15) is 4.79 Å². The van der Waals surface area contributed by atoms with Crippen molar-refractivity contribution in [1.82, 2.24) is 20.0 Å². The van der Waals surface area contributed by atoms with E-state index >= 15 is 0 Å². The molecule has 3 fully saturated rings. The Labute approximate surface area is 155 Å². The molecule has 25 heavy (non-hydrogen) atoms. The second-order valence-electron chi connectivity index (χ2n) is 8.03. The molecule has 0 aromatic carbocycles. The Morgan fingerprint density at radius 1 is 0.960 bits per heavy atom. The number of likely N-dealkylation sites (tertiary alicyclic amines) is 1. The molecule has 146 valence electrons. The van der Waals surface area contributed by atoms with Gasteiger partial charge in [0.25, 0.3) is 0 Å². The van der Waals surface area contributed by atoms with E-state index in [0.717, 1.165) is 52.2 Å². The first-order chi connectivity index (χ1) is 12.1. The quantitative estimate of drug-likeness (QED) is 0.840. The molecule has 0 unspecified atom stereocenters. The number of hydrogen-bond donors (Lipinski definition) is 1. The molecule has 0 aromatic rings. The molecule has 3 saturated heterocycles. The van der Waals surface area contributed by atoms with Crippen molar-refractivity contribution in [2.75, 3.05) is 58.9 Å². The smallest absolute Gasteiger partial charge is 0.223 e. The van der Waals surface area contributed by atoms with Crippen molar-refractivity contribution in [2.24, 2.45) is 5.41 Å². The van der Waals surface area contributed by atoms with Gasteiger partial charge in [-0.25, -0.2) is 0 Å². The molecule has 3 rings (SSSR count). The summed E-state index contributed by atoms with van der Waals surface area (Å²) in [7, 11) is 0. The van der Waals surface area contributed by atoms with Crippen LogP contribution in [0.2, 0.25) is 0 Å². The largest absolute Gasteiger partial charge is 0.341 e. The van der Waals surface area contributed by atoms with Crippen LogP contribution in [-0.2, 0) is 4.79 Å². The van der Waals surface area contributed by atoms with E-state index in [4.69, 9.17) is 0 Å². The third-order valence-electron chi connectivity index (χ3n) is 6.28. The number of amides is 1. The van der Waals surface area contributed by atoms with Gasteiger partial charge in [0.2, 0.25) is 5.91 Å². The molecule has 3 aliphatic rings. The van der Waals surface area contributed by atoms with E-state index in [-0.39, 0.29) is 0 Å². The Hall–Kier alpha value is -0.650. The Kier molecular flexibility index (Phi) is 8.17. The predicted octanol–water partition coefficient (Wildman–Crippen LogP) is 2.03. The van der Waals surface area contributed by atoms with Gasteiger partial charge in [0, 0.05) is 58.3 Å². The third kappa shape index (κ3) is 5.66. The Morgan fingerprint density at radius 3 is 2.16 bits per heavy atom. The fraction of sp³-hybridized carbons (Fsp3) is 0.950. The number of piperidine rings is 2. The van der Waals surface area contributed by atoms with Crippen LogP contribution in [0.25, 0.3) is 0 Å². The van der Waals surface area contributed by atoms with Crippen LogP contribution in [0.3, 0.4) is 0 Å². The van der Waals surface area contributed by atoms with Crippen molar-refractivity contribution in [1.29, 1.82) is 0 Å². The Balaban J connectivity index is 0.00000109. The monoisotopic (exact) mass is 352 g/mol. The maximum Gasteiger partial charge on any atom is 0.223 e. The maximum absolute atomic E-state index is 12.6. The van der Waals surface area contributed by atoms with Crippen molar-refractivity contribution in [3.8, 4) is 0 Å². The number of carbonyl (C=O) groups is 1. The van der Waals surface area contributed by atoms with Crippen LogP contribution in [0.15, 0.2) is 0 Å². The highest BCUT2D eigenvalue weighted by Crippen LogP contribution is 2.39. The second kappa shape index (κ2) is 9.89. The summed E-state index contributed by atoms with van der Waals surface area (Å²) >= 11 is 0. The first kappa shape index (κ1) is 20.7. The van der Waals surface area contributed by atoms with E-state index in [1.807, 2.05) is 13.8 Å². The first-order valence-electron chi connectivity index (χ1n) is 10.5. The molecule has 0 aromatic heterocycles. The van der Waals surface area contributed by atoms with Gasteiger partial charge in [-0.3, -0.25) is 14.6 Å². The summed E-state index contributed by atoms with van der Waals surface area (Å²) in [5.41, 5.74) is 0.321. The zero-order valence-corrected chi connectivity index (χ0v) is 17.0. The second-order valence-corrected chi connectivity index (χ2v) is 8.03. The fourth-order valence-corrected chi connectivity index (χ4v) is 4.40. The molecule has 0 saturated carbocycles. The fourth-order valence-electron chi connectivity index (χ4n) is 4.40. The zero-order chi connectivity index (χ0) is 18.3. The average Bonchev–Trinajstić information content (AvgIpc) is 2.64. The van der Waals surface area contributed by atoms with Crippen molar-refractivity contribution >= 4 is 5.91 Å². The number of rotatable bonds is 4. The van der Waals surface area contributed by atoms with Gasteiger partial charge in [-0.05, 0) is 51.6 Å². The van der Waals surface area contributed by atoms with Crippen LogP contribution in [0.1, 0.15) is 53.4 Å². The summed E-state index contributed by atoms with van der Waals surface area (Å²) in [6, 6.07) is 0.655. The molecular formula is C20H40N4O. The average molecular weight is 353 g/mol. The molecule has 1 amide bonds. The maximum atomic E-state index is 12.6. The lowest BCUT2D eigenvalue weighted by atomic mass is 9.71. The number of piperazine rings is 1. The van der Waals surface area contributed by atoms with E-state index < -0.39 is 0 Å². The molecule has 0 radical (unpaired) electrons. The number of hydrogen-bond acceptors (Lipinski definition) is 4. The minimum Gasteiger partial charge on any atom is -0.341 e. The topological polar surface area (TPSA) is 38.8 Å². The van der Waals surface area contributed by atoms with Crippen LogP contribution in [-0.4, -0.2) is 85.6 Å². The lowest BCUT2D eigenvalue weighted by Crippen LogP contribution is -2.52. The van der Waals surface area contributed by atoms with Crippen molar-refractivity contribution in [2.45, 2.75) is 59.4 Å². The Bertz CT molecular complexity index is 399. The van der Waals surface area contributed by atoms with Crippen molar-refractivity contribution in [3.63, 3.8) is 0 Å². The minimum atomic E-state index is 0.321. The molecule has 0 bridgehead atoms. The zero-order valence-electron chi connectivity index (χ0n) is 17.0. The summed E-state index contributed by atoms with van der Waals surface area (Å²) in [6.07, 6.45) is 4.37. The van der Waals surface area contributed by atoms with E-state index in [2.05, 4.69) is 33.9 Å². The standard InChI is InChI=1S/C18H34N4O.C2H6/c1-16(2)21-12-9-20(10-13-21)11-14-22-8-5-18(15-17(22)23)3-6-19-7-4-18;1-2/h16,19H,3-15H2,1-2H3;1-2H3. The summed E-state index contributed by atoms with van der Waals surface area (Å²) in [5, 5.41) is 3.43. The van der Waals surface area contributed by atoms with Crippen LogP contribution in [0.4, 0.5) is 0 Å². The molecular weight excluding hydrogens is 312 g/mol. The molecule has 5 heteroatoms.